The number of primary amides is 1. The first-order valence-electron chi connectivity index (χ1n) is 6.21. The summed E-state index contributed by atoms with van der Waals surface area (Å²) >= 11 is 0. The van der Waals surface area contributed by atoms with Crippen molar-refractivity contribution in [1.29, 1.82) is 0 Å². The molecule has 4 heteroatoms. The summed E-state index contributed by atoms with van der Waals surface area (Å²) < 4.78 is 0. The Bertz CT molecular complexity index is 620. The van der Waals surface area contributed by atoms with Gasteiger partial charge in [-0.05, 0) is 36.1 Å². The molecule has 3 N–H and O–H groups in total. The van der Waals surface area contributed by atoms with Crippen LogP contribution in [0.15, 0.2) is 47.6 Å². The van der Waals surface area contributed by atoms with Crippen molar-refractivity contribution < 1.29 is 4.79 Å². The fourth-order valence-electron chi connectivity index (χ4n) is 1.93. The summed E-state index contributed by atoms with van der Waals surface area (Å²) in [4.78, 5) is 10.5. The summed E-state index contributed by atoms with van der Waals surface area (Å²) in [6.45, 7) is 1.87. The third-order valence-corrected chi connectivity index (χ3v) is 2.95. The molecule has 0 aliphatic rings. The monoisotopic (exact) mass is 255 g/mol. The number of hydrogen-bond acceptors (Lipinski definition) is 2. The number of carbonyl (C=O) groups excluding carboxylic acids is 1. The van der Waals surface area contributed by atoms with Crippen LogP contribution < -0.4 is 11.2 Å². The molecule has 0 aliphatic heterocycles. The van der Waals surface area contributed by atoms with Crippen LogP contribution in [0.5, 0.6) is 0 Å². The molecule has 2 aromatic carbocycles. The summed E-state index contributed by atoms with van der Waals surface area (Å²) in [5.41, 5.74) is 9.30. The Labute approximate surface area is 112 Å². The maximum Gasteiger partial charge on any atom is 0.332 e. The number of fused-ring (bicyclic) bond motifs is 1. The second-order valence-corrected chi connectivity index (χ2v) is 4.50. The molecule has 0 heterocycles. The van der Waals surface area contributed by atoms with Gasteiger partial charge in [0.15, 0.2) is 0 Å². The van der Waals surface area contributed by atoms with Gasteiger partial charge in [-0.2, -0.15) is 5.10 Å². The number of rotatable bonds is 4. The van der Waals surface area contributed by atoms with Gasteiger partial charge in [-0.15, -0.1) is 0 Å². The standard InChI is InChI=1S/C15H17N3O/c1-11(17-18-15(16)19)6-7-12-8-9-13-4-2-3-5-14(13)10-12/h2-5,8-10H,6-7H2,1H3,(H3,16,18,19)/b17-11-. The molecule has 0 saturated heterocycles. The Kier molecular flexibility index (Phi) is 4.13. The molecule has 19 heavy (non-hydrogen) atoms. The highest BCUT2D eigenvalue weighted by molar-refractivity contribution is 5.85. The maximum absolute atomic E-state index is 10.5. The molecule has 0 radical (unpaired) electrons. The van der Waals surface area contributed by atoms with Crippen LogP contribution in [0, 0.1) is 0 Å². The van der Waals surface area contributed by atoms with Crippen molar-refractivity contribution in [3.05, 3.63) is 48.0 Å². The van der Waals surface area contributed by atoms with E-state index >= 15 is 0 Å². The van der Waals surface area contributed by atoms with Crippen molar-refractivity contribution in [2.75, 3.05) is 0 Å². The first kappa shape index (κ1) is 13.1. The summed E-state index contributed by atoms with van der Waals surface area (Å²) in [6, 6.07) is 14.1. The van der Waals surface area contributed by atoms with Gasteiger partial charge < -0.3 is 5.73 Å². The van der Waals surface area contributed by atoms with E-state index in [1.807, 2.05) is 19.1 Å². The van der Waals surface area contributed by atoms with Crippen molar-refractivity contribution in [1.82, 2.24) is 5.43 Å². The largest absolute Gasteiger partial charge is 0.350 e. The first-order chi connectivity index (χ1) is 9.15. The van der Waals surface area contributed by atoms with Crippen LogP contribution in [0.4, 0.5) is 4.79 Å². The number of carbonyl (C=O) groups is 1. The van der Waals surface area contributed by atoms with Crippen molar-refractivity contribution in [3.8, 4) is 0 Å². The van der Waals surface area contributed by atoms with Crippen molar-refractivity contribution >= 4 is 22.5 Å². The maximum atomic E-state index is 10.5. The van der Waals surface area contributed by atoms with Crippen LogP contribution in [0.3, 0.4) is 0 Å². The molecule has 4 nitrogen and oxygen atoms in total. The molecule has 2 amide bonds. The molecular formula is C15H17N3O. The second-order valence-electron chi connectivity index (χ2n) is 4.50. The Morgan fingerprint density at radius 2 is 1.95 bits per heavy atom. The number of hydrogen-bond donors (Lipinski definition) is 2. The van der Waals surface area contributed by atoms with Gasteiger partial charge in [0, 0.05) is 5.71 Å². The van der Waals surface area contributed by atoms with Crippen LogP contribution in [-0.4, -0.2) is 11.7 Å². The summed E-state index contributed by atoms with van der Waals surface area (Å²) in [6.07, 6.45) is 1.68. The Morgan fingerprint density at radius 3 is 2.68 bits per heavy atom. The van der Waals surface area contributed by atoms with Gasteiger partial charge in [-0.1, -0.05) is 42.5 Å². The van der Waals surface area contributed by atoms with Gasteiger partial charge >= 0.3 is 6.03 Å². The molecule has 98 valence electrons. The average Bonchev–Trinajstić information content (AvgIpc) is 2.42. The third kappa shape index (κ3) is 3.81. The molecule has 2 rings (SSSR count). The topological polar surface area (TPSA) is 67.5 Å². The molecular weight excluding hydrogens is 238 g/mol. The van der Waals surface area contributed by atoms with E-state index in [4.69, 9.17) is 5.73 Å². The lowest BCUT2D eigenvalue weighted by Crippen LogP contribution is -2.25. The Balaban J connectivity index is 2.01. The van der Waals surface area contributed by atoms with Crippen molar-refractivity contribution in [2.24, 2.45) is 10.8 Å². The zero-order chi connectivity index (χ0) is 13.7. The number of nitrogens with two attached hydrogens (primary N) is 1. The quantitative estimate of drug-likeness (QED) is 0.640. The van der Waals surface area contributed by atoms with Gasteiger partial charge in [0.1, 0.15) is 0 Å². The normalized spacial score (nSPS) is 11.5. The molecule has 0 aliphatic carbocycles. The van der Waals surface area contributed by atoms with E-state index < -0.39 is 6.03 Å². The molecule has 0 saturated carbocycles. The van der Waals surface area contributed by atoms with Crippen LogP contribution >= 0.6 is 0 Å². The van der Waals surface area contributed by atoms with E-state index in [9.17, 15) is 4.79 Å². The van der Waals surface area contributed by atoms with Crippen molar-refractivity contribution in [2.45, 2.75) is 19.8 Å². The minimum atomic E-state index is -0.634. The fraction of sp³-hybridized carbons (Fsp3) is 0.200. The molecule has 2 aromatic rings. The number of benzene rings is 2. The molecule has 0 fully saturated rings. The SMILES string of the molecule is C/C(CCc1ccc2ccccc2c1)=N/NC(N)=O. The van der Waals surface area contributed by atoms with E-state index in [2.05, 4.69) is 40.9 Å². The smallest absolute Gasteiger partial charge is 0.332 e. The molecule has 0 atom stereocenters. The number of nitrogens with zero attached hydrogens (tertiary/aromatic N) is 1. The molecule has 0 bridgehead atoms. The minimum absolute atomic E-state index is 0.634. The van der Waals surface area contributed by atoms with Crippen LogP contribution in [0.2, 0.25) is 0 Å². The first-order valence-corrected chi connectivity index (χ1v) is 6.21. The van der Waals surface area contributed by atoms with Crippen LogP contribution in [-0.2, 0) is 6.42 Å². The summed E-state index contributed by atoms with van der Waals surface area (Å²) in [5, 5.41) is 6.38. The molecule has 0 aromatic heterocycles. The van der Waals surface area contributed by atoms with Gasteiger partial charge in [0.2, 0.25) is 0 Å². The molecule has 0 spiro atoms. The number of amides is 2. The number of nitrogens with one attached hydrogen (secondary N) is 1. The lowest BCUT2D eigenvalue weighted by molar-refractivity contribution is 0.249. The van der Waals surface area contributed by atoms with E-state index in [0.717, 1.165) is 18.6 Å². The van der Waals surface area contributed by atoms with Crippen LogP contribution in [0.1, 0.15) is 18.9 Å². The predicted molar refractivity (Wildman–Crippen MR) is 78.1 cm³/mol. The van der Waals surface area contributed by atoms with Gasteiger partial charge in [-0.3, -0.25) is 0 Å². The predicted octanol–water partition coefficient (Wildman–Crippen LogP) is 2.82. The zero-order valence-electron chi connectivity index (χ0n) is 10.9. The third-order valence-electron chi connectivity index (χ3n) is 2.95. The summed E-state index contributed by atoms with van der Waals surface area (Å²) in [5.74, 6) is 0. The van der Waals surface area contributed by atoms with E-state index in [1.54, 1.807) is 0 Å². The number of hydrazone groups is 1. The number of urea groups is 1. The number of aryl methyl sites for hydroxylation is 1. The molecule has 0 unspecified atom stereocenters. The highest BCUT2D eigenvalue weighted by Gasteiger charge is 1.99. The van der Waals surface area contributed by atoms with Crippen LogP contribution in [0.25, 0.3) is 10.8 Å². The van der Waals surface area contributed by atoms with E-state index in [0.29, 0.717) is 0 Å². The second kappa shape index (κ2) is 6.00. The summed E-state index contributed by atoms with van der Waals surface area (Å²) in [7, 11) is 0. The highest BCUT2D eigenvalue weighted by Crippen LogP contribution is 2.16. The zero-order valence-corrected chi connectivity index (χ0v) is 10.9. The van der Waals surface area contributed by atoms with Crippen molar-refractivity contribution in [3.63, 3.8) is 0 Å². The van der Waals surface area contributed by atoms with E-state index in [1.165, 1.54) is 16.3 Å². The highest BCUT2D eigenvalue weighted by atomic mass is 16.2. The Morgan fingerprint density at radius 1 is 1.21 bits per heavy atom. The Hall–Kier alpha value is -2.36. The minimum Gasteiger partial charge on any atom is -0.350 e. The lowest BCUT2D eigenvalue weighted by Gasteiger charge is -2.04. The fourth-order valence-corrected chi connectivity index (χ4v) is 1.93. The average molecular weight is 255 g/mol. The van der Waals surface area contributed by atoms with Gasteiger partial charge in [0.05, 0.1) is 0 Å². The van der Waals surface area contributed by atoms with Gasteiger partial charge in [-0.25, -0.2) is 10.2 Å². The lowest BCUT2D eigenvalue weighted by atomic mass is 10.0. The van der Waals surface area contributed by atoms with Gasteiger partial charge in [0.25, 0.3) is 0 Å². The van der Waals surface area contributed by atoms with E-state index in [-0.39, 0.29) is 0 Å².